The Morgan fingerprint density at radius 1 is 1.50 bits per heavy atom. The normalized spacial score (nSPS) is 10.1. The molecule has 7 nitrogen and oxygen atoms in total. The van der Waals surface area contributed by atoms with Gasteiger partial charge in [-0.25, -0.2) is 0 Å². The van der Waals surface area contributed by atoms with Crippen molar-refractivity contribution in [1.29, 1.82) is 0 Å². The molecule has 1 aromatic heterocycles. The molecule has 2 rings (SSSR count). The number of nitro groups is 1. The first-order valence-electron chi connectivity index (χ1n) is 5.13. The van der Waals surface area contributed by atoms with Crippen LogP contribution in [0.2, 0.25) is 0 Å². The average Bonchev–Trinajstić information content (AvgIpc) is 2.85. The van der Waals surface area contributed by atoms with Crippen LogP contribution in [0.25, 0.3) is 0 Å². The van der Waals surface area contributed by atoms with Crippen molar-refractivity contribution in [2.24, 2.45) is 0 Å². The monoisotopic (exact) mass is 246 g/mol. The molecule has 2 N–H and O–H groups in total. The molecule has 0 fully saturated rings. The molecule has 2 aromatic rings. The molecule has 0 aliphatic heterocycles. The number of nitrogens with zero attached hydrogens (tertiary/aromatic N) is 2. The van der Waals surface area contributed by atoms with Crippen LogP contribution in [-0.2, 0) is 0 Å². The van der Waals surface area contributed by atoms with Crippen LogP contribution in [0, 0.1) is 17.0 Å². The molecule has 0 aliphatic carbocycles. The number of nitrogens with one attached hydrogen (secondary N) is 2. The quantitative estimate of drug-likeness (QED) is 0.637. The molecule has 0 atom stereocenters. The van der Waals surface area contributed by atoms with E-state index in [2.05, 4.69) is 15.5 Å². The topological polar surface area (TPSA) is 101 Å². The lowest BCUT2D eigenvalue weighted by atomic mass is 10.1. The summed E-state index contributed by atoms with van der Waals surface area (Å²) in [5.41, 5.74) is 1.55. The molecule has 7 heteroatoms. The number of nitro benzene ring substituents is 1. The largest absolute Gasteiger partial charge is 0.322 e. The summed E-state index contributed by atoms with van der Waals surface area (Å²) < 4.78 is 0. The summed E-state index contributed by atoms with van der Waals surface area (Å²) in [5, 5.41) is 19.4. The van der Waals surface area contributed by atoms with Gasteiger partial charge in [0, 0.05) is 24.0 Å². The number of non-ortho nitro benzene ring substituents is 1. The molecular formula is C11H10N4O3. The van der Waals surface area contributed by atoms with E-state index in [1.165, 1.54) is 30.6 Å². The Morgan fingerprint density at radius 3 is 2.83 bits per heavy atom. The number of aryl methyl sites for hydroxylation is 1. The van der Waals surface area contributed by atoms with Gasteiger partial charge < -0.3 is 5.32 Å². The second-order valence-corrected chi connectivity index (χ2v) is 3.70. The molecule has 0 spiro atoms. The zero-order valence-electron chi connectivity index (χ0n) is 9.51. The van der Waals surface area contributed by atoms with Crippen LogP contribution in [0.5, 0.6) is 0 Å². The molecule has 0 aliphatic rings. The van der Waals surface area contributed by atoms with Crippen molar-refractivity contribution in [1.82, 2.24) is 10.2 Å². The summed E-state index contributed by atoms with van der Waals surface area (Å²) in [6, 6.07) is 4.26. The summed E-state index contributed by atoms with van der Waals surface area (Å²) in [7, 11) is 0. The van der Waals surface area contributed by atoms with Gasteiger partial charge in [-0.2, -0.15) is 5.10 Å². The van der Waals surface area contributed by atoms with Gasteiger partial charge >= 0.3 is 0 Å². The molecule has 0 saturated heterocycles. The number of benzene rings is 1. The van der Waals surface area contributed by atoms with Crippen LogP contribution in [-0.4, -0.2) is 21.0 Å². The van der Waals surface area contributed by atoms with Crippen LogP contribution in [0.4, 0.5) is 11.4 Å². The van der Waals surface area contributed by atoms with Crippen LogP contribution in [0.15, 0.2) is 30.6 Å². The lowest BCUT2D eigenvalue weighted by molar-refractivity contribution is -0.384. The van der Waals surface area contributed by atoms with E-state index in [1.807, 2.05) is 0 Å². The third-order valence-electron chi connectivity index (χ3n) is 2.43. The summed E-state index contributed by atoms with van der Waals surface area (Å²) in [6.07, 6.45) is 2.87. The minimum Gasteiger partial charge on any atom is -0.322 e. The maximum Gasteiger partial charge on any atom is 0.269 e. The van der Waals surface area contributed by atoms with Crippen LogP contribution in [0.3, 0.4) is 0 Å². The number of carbonyl (C=O) groups excluding carboxylic acids is 1. The van der Waals surface area contributed by atoms with Crippen molar-refractivity contribution in [2.45, 2.75) is 6.92 Å². The van der Waals surface area contributed by atoms with Gasteiger partial charge in [-0.05, 0) is 18.6 Å². The highest BCUT2D eigenvalue weighted by atomic mass is 16.6. The van der Waals surface area contributed by atoms with E-state index in [1.54, 1.807) is 6.92 Å². The Hall–Kier alpha value is -2.70. The minimum absolute atomic E-state index is 0.00573. The summed E-state index contributed by atoms with van der Waals surface area (Å²) in [5.74, 6) is -0.319. The highest BCUT2D eigenvalue weighted by molar-refractivity contribution is 6.04. The Kier molecular flexibility index (Phi) is 3.05. The van der Waals surface area contributed by atoms with E-state index in [-0.39, 0.29) is 11.6 Å². The van der Waals surface area contributed by atoms with Gasteiger partial charge in [0.25, 0.3) is 11.6 Å². The summed E-state index contributed by atoms with van der Waals surface area (Å²) in [6.45, 7) is 1.69. The Labute approximate surface area is 102 Å². The first kappa shape index (κ1) is 11.8. The molecule has 0 radical (unpaired) electrons. The van der Waals surface area contributed by atoms with Gasteiger partial charge in [0.05, 0.1) is 16.7 Å². The minimum atomic E-state index is -0.478. The Morgan fingerprint density at radius 2 is 2.28 bits per heavy atom. The Bertz CT molecular complexity index is 592. The number of rotatable bonds is 3. The third kappa shape index (κ3) is 2.34. The highest BCUT2D eigenvalue weighted by Gasteiger charge is 2.11. The Balaban J connectivity index is 2.20. The fraction of sp³-hybridized carbons (Fsp3) is 0.0909. The van der Waals surface area contributed by atoms with Crippen LogP contribution in [0.1, 0.15) is 15.9 Å². The lowest BCUT2D eigenvalue weighted by Crippen LogP contribution is -2.11. The van der Waals surface area contributed by atoms with Gasteiger partial charge in [0.2, 0.25) is 0 Å². The van der Waals surface area contributed by atoms with Gasteiger partial charge in [-0.3, -0.25) is 20.0 Å². The second kappa shape index (κ2) is 4.66. The number of aromatic nitrogens is 2. The smallest absolute Gasteiger partial charge is 0.269 e. The molecule has 1 heterocycles. The zero-order chi connectivity index (χ0) is 13.1. The predicted octanol–water partition coefficient (Wildman–Crippen LogP) is 1.88. The third-order valence-corrected chi connectivity index (χ3v) is 2.43. The van der Waals surface area contributed by atoms with Crippen molar-refractivity contribution in [3.05, 3.63) is 51.8 Å². The van der Waals surface area contributed by atoms with E-state index in [9.17, 15) is 14.9 Å². The fourth-order valence-electron chi connectivity index (χ4n) is 1.47. The van der Waals surface area contributed by atoms with E-state index in [0.717, 1.165) is 0 Å². The number of hydrogen-bond acceptors (Lipinski definition) is 4. The molecule has 18 heavy (non-hydrogen) atoms. The molecule has 0 saturated carbocycles. The van der Waals surface area contributed by atoms with Crippen molar-refractivity contribution >= 4 is 17.3 Å². The van der Waals surface area contributed by atoms with E-state index in [0.29, 0.717) is 16.8 Å². The maximum absolute atomic E-state index is 11.7. The molecule has 92 valence electrons. The standard InChI is InChI=1S/C11H10N4O3/c1-7-4-9(15(17)18)2-3-10(7)14-11(16)8-5-12-13-6-8/h2-6H,1H3,(H,12,13)(H,14,16). The average molecular weight is 246 g/mol. The number of carbonyl (C=O) groups is 1. The predicted molar refractivity (Wildman–Crippen MR) is 64.4 cm³/mol. The highest BCUT2D eigenvalue weighted by Crippen LogP contribution is 2.21. The van der Waals surface area contributed by atoms with E-state index < -0.39 is 4.92 Å². The van der Waals surface area contributed by atoms with Gasteiger partial charge in [0.1, 0.15) is 0 Å². The first-order valence-corrected chi connectivity index (χ1v) is 5.13. The number of anilines is 1. The van der Waals surface area contributed by atoms with E-state index >= 15 is 0 Å². The molecular weight excluding hydrogens is 236 g/mol. The number of aromatic amines is 1. The molecule has 1 aromatic carbocycles. The van der Waals surface area contributed by atoms with Gasteiger partial charge in [0.15, 0.2) is 0 Å². The second-order valence-electron chi connectivity index (χ2n) is 3.70. The van der Waals surface area contributed by atoms with Crippen molar-refractivity contribution < 1.29 is 9.72 Å². The van der Waals surface area contributed by atoms with Crippen molar-refractivity contribution in [3.63, 3.8) is 0 Å². The van der Waals surface area contributed by atoms with Gasteiger partial charge in [-0.15, -0.1) is 0 Å². The fourth-order valence-corrected chi connectivity index (χ4v) is 1.47. The zero-order valence-corrected chi connectivity index (χ0v) is 9.51. The van der Waals surface area contributed by atoms with Gasteiger partial charge in [-0.1, -0.05) is 0 Å². The first-order chi connectivity index (χ1) is 8.58. The van der Waals surface area contributed by atoms with Crippen molar-refractivity contribution in [3.8, 4) is 0 Å². The summed E-state index contributed by atoms with van der Waals surface area (Å²) in [4.78, 5) is 21.8. The maximum atomic E-state index is 11.7. The molecule has 0 unspecified atom stereocenters. The van der Waals surface area contributed by atoms with Crippen molar-refractivity contribution in [2.75, 3.05) is 5.32 Å². The molecule has 0 bridgehead atoms. The van der Waals surface area contributed by atoms with Crippen LogP contribution >= 0.6 is 0 Å². The lowest BCUT2D eigenvalue weighted by Gasteiger charge is -2.06. The van der Waals surface area contributed by atoms with E-state index in [4.69, 9.17) is 0 Å². The van der Waals surface area contributed by atoms with Crippen LogP contribution < -0.4 is 5.32 Å². The number of amides is 1. The summed E-state index contributed by atoms with van der Waals surface area (Å²) >= 11 is 0. The SMILES string of the molecule is Cc1cc([N+](=O)[O-])ccc1NC(=O)c1cn[nH]c1. The number of hydrogen-bond donors (Lipinski definition) is 2. The molecule has 1 amide bonds. The number of H-pyrrole nitrogens is 1.